The molecule has 1 aliphatic heterocycles. The molecule has 0 bridgehead atoms. The van der Waals surface area contributed by atoms with Gasteiger partial charge in [-0.2, -0.15) is 0 Å². The number of hydrogen-bond donors (Lipinski definition) is 2. The third-order valence-electron chi connectivity index (χ3n) is 3.75. The molecule has 0 spiro atoms. The van der Waals surface area contributed by atoms with Gasteiger partial charge in [0.1, 0.15) is 5.76 Å². The quantitative estimate of drug-likeness (QED) is 0.890. The molecule has 0 fully saturated rings. The molecule has 1 amide bonds. The van der Waals surface area contributed by atoms with Crippen molar-refractivity contribution in [3.63, 3.8) is 0 Å². The minimum Gasteiger partial charge on any atom is -0.452 e. The molecule has 21 heavy (non-hydrogen) atoms. The molecule has 2 N–H and O–H groups in total. The van der Waals surface area contributed by atoms with Crippen LogP contribution in [0.4, 0.5) is 5.69 Å². The van der Waals surface area contributed by atoms with Crippen molar-refractivity contribution < 1.29 is 9.21 Å². The summed E-state index contributed by atoms with van der Waals surface area (Å²) in [6, 6.07) is 10.0. The first kappa shape index (κ1) is 14.4. The van der Waals surface area contributed by atoms with Crippen molar-refractivity contribution in [1.29, 1.82) is 0 Å². The van der Waals surface area contributed by atoms with Gasteiger partial charge in [0.05, 0.1) is 6.04 Å². The van der Waals surface area contributed by atoms with Crippen LogP contribution in [0.5, 0.6) is 0 Å². The van der Waals surface area contributed by atoms with E-state index in [1.54, 1.807) is 0 Å². The number of carbonyl (C=O) groups is 1. The summed E-state index contributed by atoms with van der Waals surface area (Å²) in [4.78, 5) is 11.6. The zero-order chi connectivity index (χ0) is 14.8. The summed E-state index contributed by atoms with van der Waals surface area (Å²) in [5, 5.41) is 6.24. The maximum Gasteiger partial charge on any atom is 0.224 e. The van der Waals surface area contributed by atoms with Gasteiger partial charge in [-0.3, -0.25) is 4.79 Å². The van der Waals surface area contributed by atoms with Gasteiger partial charge in [0.25, 0.3) is 0 Å². The largest absolute Gasteiger partial charge is 0.452 e. The van der Waals surface area contributed by atoms with Gasteiger partial charge in [-0.1, -0.05) is 12.1 Å². The molecule has 3 rings (SSSR count). The number of nitrogens with one attached hydrogen (secondary N) is 2. The van der Waals surface area contributed by atoms with Gasteiger partial charge in [0.2, 0.25) is 5.91 Å². The van der Waals surface area contributed by atoms with E-state index in [1.807, 2.05) is 31.3 Å². The van der Waals surface area contributed by atoms with Crippen LogP contribution in [0.15, 0.2) is 39.4 Å². The van der Waals surface area contributed by atoms with Crippen molar-refractivity contribution >= 4 is 27.5 Å². The Labute approximate surface area is 132 Å². The standard InChI is InChI=1S/C16H17BrN2O2/c1-18-16(13-7-8-14(17)21-13)11-5-6-12-10(9-11)3-2-4-15(20)19-12/h5-9,16,18H,2-4H2,1H3,(H,19,20). The zero-order valence-electron chi connectivity index (χ0n) is 11.8. The molecule has 0 radical (unpaired) electrons. The monoisotopic (exact) mass is 348 g/mol. The third-order valence-corrected chi connectivity index (χ3v) is 4.18. The number of benzene rings is 1. The number of carbonyl (C=O) groups excluding carboxylic acids is 1. The van der Waals surface area contributed by atoms with Crippen LogP contribution in [0.1, 0.15) is 35.8 Å². The van der Waals surface area contributed by atoms with Crippen LogP contribution in [0.25, 0.3) is 0 Å². The highest BCUT2D eigenvalue weighted by Gasteiger charge is 2.19. The molecule has 1 aromatic carbocycles. The number of furan rings is 1. The molecule has 0 aliphatic carbocycles. The number of rotatable bonds is 3. The predicted molar refractivity (Wildman–Crippen MR) is 85.3 cm³/mol. The van der Waals surface area contributed by atoms with E-state index in [0.717, 1.165) is 34.5 Å². The van der Waals surface area contributed by atoms with E-state index in [0.29, 0.717) is 6.42 Å². The summed E-state index contributed by atoms with van der Waals surface area (Å²) in [6.45, 7) is 0. The third kappa shape index (κ3) is 3.04. The highest BCUT2D eigenvalue weighted by Crippen LogP contribution is 2.30. The lowest BCUT2D eigenvalue weighted by Crippen LogP contribution is -2.17. The van der Waals surface area contributed by atoms with Crippen molar-refractivity contribution in [2.45, 2.75) is 25.3 Å². The molecule has 1 aliphatic rings. The van der Waals surface area contributed by atoms with E-state index >= 15 is 0 Å². The number of amides is 1. The Kier molecular flexibility index (Phi) is 4.12. The van der Waals surface area contributed by atoms with Gasteiger partial charge >= 0.3 is 0 Å². The highest BCUT2D eigenvalue weighted by molar-refractivity contribution is 9.10. The first-order chi connectivity index (χ1) is 10.2. The molecular formula is C16H17BrN2O2. The van der Waals surface area contributed by atoms with Crippen LogP contribution in [-0.2, 0) is 11.2 Å². The lowest BCUT2D eigenvalue weighted by atomic mass is 9.99. The number of aryl methyl sites for hydroxylation is 1. The second-order valence-electron chi connectivity index (χ2n) is 5.18. The first-order valence-corrected chi connectivity index (χ1v) is 7.82. The van der Waals surface area contributed by atoms with Crippen molar-refractivity contribution in [3.05, 3.63) is 51.9 Å². The average molecular weight is 349 g/mol. The molecule has 0 saturated carbocycles. The summed E-state index contributed by atoms with van der Waals surface area (Å²) < 4.78 is 6.38. The molecule has 1 aromatic heterocycles. The van der Waals surface area contributed by atoms with Crippen molar-refractivity contribution in [2.75, 3.05) is 12.4 Å². The molecule has 4 nitrogen and oxygen atoms in total. The molecule has 1 atom stereocenters. The predicted octanol–water partition coefficient (Wildman–Crippen LogP) is 3.63. The Morgan fingerprint density at radius 1 is 1.29 bits per heavy atom. The van der Waals surface area contributed by atoms with Crippen LogP contribution in [-0.4, -0.2) is 13.0 Å². The van der Waals surface area contributed by atoms with Crippen molar-refractivity contribution in [3.8, 4) is 0 Å². The van der Waals surface area contributed by atoms with Crippen LogP contribution >= 0.6 is 15.9 Å². The maximum absolute atomic E-state index is 11.6. The molecule has 0 saturated heterocycles. The van der Waals surface area contributed by atoms with Crippen LogP contribution in [0.2, 0.25) is 0 Å². The molecule has 5 heteroatoms. The molecule has 110 valence electrons. The Bertz CT molecular complexity index is 666. The van der Waals surface area contributed by atoms with Gasteiger partial charge in [0.15, 0.2) is 4.67 Å². The summed E-state index contributed by atoms with van der Waals surface area (Å²) in [5.41, 5.74) is 3.25. The van der Waals surface area contributed by atoms with Gasteiger partial charge < -0.3 is 15.1 Å². The maximum atomic E-state index is 11.6. The topological polar surface area (TPSA) is 54.3 Å². The lowest BCUT2D eigenvalue weighted by Gasteiger charge is -2.16. The second-order valence-corrected chi connectivity index (χ2v) is 5.96. The van der Waals surface area contributed by atoms with E-state index in [-0.39, 0.29) is 11.9 Å². The van der Waals surface area contributed by atoms with Crippen LogP contribution < -0.4 is 10.6 Å². The second kappa shape index (κ2) is 6.03. The Balaban J connectivity index is 1.95. The summed E-state index contributed by atoms with van der Waals surface area (Å²) in [5.74, 6) is 0.962. The van der Waals surface area contributed by atoms with Crippen LogP contribution in [0, 0.1) is 0 Å². The van der Waals surface area contributed by atoms with Crippen molar-refractivity contribution in [1.82, 2.24) is 5.32 Å². The fourth-order valence-corrected chi connectivity index (χ4v) is 3.05. The molecule has 2 heterocycles. The van der Waals surface area contributed by atoms with Gasteiger partial charge in [-0.25, -0.2) is 0 Å². The van der Waals surface area contributed by atoms with Gasteiger partial charge in [-0.15, -0.1) is 0 Å². The fourth-order valence-electron chi connectivity index (χ4n) is 2.73. The first-order valence-electron chi connectivity index (χ1n) is 7.02. The minimum absolute atomic E-state index is 0.000514. The summed E-state index contributed by atoms with van der Waals surface area (Å²) in [6.07, 6.45) is 2.39. The Morgan fingerprint density at radius 3 is 2.86 bits per heavy atom. The molecule has 2 aromatic rings. The van der Waals surface area contributed by atoms with E-state index in [1.165, 1.54) is 5.56 Å². The minimum atomic E-state index is 0.000514. The zero-order valence-corrected chi connectivity index (χ0v) is 13.4. The normalized spacial score (nSPS) is 16.0. The molecular weight excluding hydrogens is 332 g/mol. The van der Waals surface area contributed by atoms with Gasteiger partial charge in [0, 0.05) is 12.1 Å². The lowest BCUT2D eigenvalue weighted by molar-refractivity contribution is -0.116. The SMILES string of the molecule is CNC(c1ccc2c(c1)CCCC(=O)N2)c1ccc(Br)o1. The fraction of sp³-hybridized carbons (Fsp3) is 0.312. The van der Waals surface area contributed by atoms with E-state index in [9.17, 15) is 4.79 Å². The highest BCUT2D eigenvalue weighted by atomic mass is 79.9. The van der Waals surface area contributed by atoms with Gasteiger partial charge in [-0.05, 0) is 65.1 Å². The van der Waals surface area contributed by atoms with Crippen molar-refractivity contribution in [2.24, 2.45) is 0 Å². The Morgan fingerprint density at radius 2 is 2.14 bits per heavy atom. The van der Waals surface area contributed by atoms with E-state index < -0.39 is 0 Å². The number of anilines is 1. The average Bonchev–Trinajstić information content (AvgIpc) is 2.79. The number of hydrogen-bond acceptors (Lipinski definition) is 3. The van der Waals surface area contributed by atoms with E-state index in [2.05, 4.69) is 32.6 Å². The number of halogens is 1. The summed E-state index contributed by atoms with van der Waals surface area (Å²) >= 11 is 3.34. The Hall–Kier alpha value is -1.59. The van der Waals surface area contributed by atoms with Crippen LogP contribution in [0.3, 0.4) is 0 Å². The number of fused-ring (bicyclic) bond motifs is 1. The molecule has 1 unspecified atom stereocenters. The summed E-state index contributed by atoms with van der Waals surface area (Å²) in [7, 11) is 1.91. The van der Waals surface area contributed by atoms with E-state index in [4.69, 9.17) is 4.42 Å². The smallest absolute Gasteiger partial charge is 0.224 e.